The Morgan fingerprint density at radius 1 is 1.15 bits per heavy atom. The van der Waals surface area contributed by atoms with Crippen molar-refractivity contribution in [1.82, 2.24) is 10.2 Å². The van der Waals surface area contributed by atoms with Crippen LogP contribution in [0.25, 0.3) is 0 Å². The third-order valence-electron chi connectivity index (χ3n) is 6.87. The van der Waals surface area contributed by atoms with Crippen LogP contribution in [0.4, 0.5) is 4.79 Å². The van der Waals surface area contributed by atoms with Crippen LogP contribution in [-0.4, -0.2) is 53.5 Å². The van der Waals surface area contributed by atoms with Crippen LogP contribution >= 0.6 is 0 Å². The molecule has 1 saturated carbocycles. The molecule has 5 heteroatoms. The molecular formula is C22H42N2O3. The third-order valence-corrected chi connectivity index (χ3v) is 6.87. The maximum absolute atomic E-state index is 12.7. The second kappa shape index (κ2) is 9.60. The average Bonchev–Trinajstić information content (AvgIpc) is 3.25. The SMILES string of the molecule is CCC(CC)(CCO)CN[C@@H]1CCC[C@@H]1[C@H]1CCCN1C(=O)OC(C)(C)C. The first kappa shape index (κ1) is 22.5. The number of ether oxygens (including phenoxy) is 1. The van der Waals surface area contributed by atoms with Gasteiger partial charge in [0.2, 0.25) is 0 Å². The molecule has 0 radical (unpaired) electrons. The van der Waals surface area contributed by atoms with Gasteiger partial charge in [0.1, 0.15) is 5.60 Å². The minimum absolute atomic E-state index is 0.146. The van der Waals surface area contributed by atoms with Crippen molar-refractivity contribution < 1.29 is 14.6 Å². The fourth-order valence-electron chi connectivity index (χ4n) is 5.01. The standard InChI is InChI=1S/C22H42N2O3/c1-6-22(7-2,13-15-25)16-23-18-11-8-10-17(18)19-12-9-14-24(19)20(26)27-21(3,4)5/h17-19,23,25H,6-16H2,1-5H3/t17-,18+,19+/m0/s1. The average molecular weight is 383 g/mol. The van der Waals surface area contributed by atoms with Crippen LogP contribution in [0.15, 0.2) is 0 Å². The molecule has 1 heterocycles. The highest BCUT2D eigenvalue weighted by Crippen LogP contribution is 2.38. The number of nitrogens with zero attached hydrogens (tertiary/aromatic N) is 1. The Hall–Kier alpha value is -0.810. The molecule has 1 amide bonds. The highest BCUT2D eigenvalue weighted by Gasteiger charge is 2.42. The van der Waals surface area contributed by atoms with Crippen LogP contribution in [0.3, 0.4) is 0 Å². The summed E-state index contributed by atoms with van der Waals surface area (Å²) in [5, 5.41) is 13.3. The van der Waals surface area contributed by atoms with Gasteiger partial charge in [0.25, 0.3) is 0 Å². The summed E-state index contributed by atoms with van der Waals surface area (Å²) in [6, 6.07) is 0.768. The molecule has 1 aliphatic carbocycles. The predicted octanol–water partition coefficient (Wildman–Crippen LogP) is 4.33. The van der Waals surface area contributed by atoms with Crippen LogP contribution in [-0.2, 0) is 4.74 Å². The van der Waals surface area contributed by atoms with Gasteiger partial charge in [-0.3, -0.25) is 0 Å². The summed E-state index contributed by atoms with van der Waals surface area (Å²) in [4.78, 5) is 14.7. The Bertz CT molecular complexity index is 471. The largest absolute Gasteiger partial charge is 0.444 e. The maximum Gasteiger partial charge on any atom is 0.410 e. The molecule has 158 valence electrons. The van der Waals surface area contributed by atoms with Crippen molar-refractivity contribution in [2.75, 3.05) is 19.7 Å². The number of aliphatic hydroxyl groups is 1. The molecule has 27 heavy (non-hydrogen) atoms. The number of nitrogens with one attached hydrogen (secondary N) is 1. The second-order valence-corrected chi connectivity index (χ2v) is 9.65. The molecular weight excluding hydrogens is 340 g/mol. The fourth-order valence-corrected chi connectivity index (χ4v) is 5.01. The van der Waals surface area contributed by atoms with Crippen molar-refractivity contribution in [3.05, 3.63) is 0 Å². The molecule has 2 aliphatic rings. The van der Waals surface area contributed by atoms with Gasteiger partial charge in [-0.25, -0.2) is 4.79 Å². The van der Waals surface area contributed by atoms with Crippen LogP contribution in [0.1, 0.15) is 86.0 Å². The van der Waals surface area contributed by atoms with Gasteiger partial charge in [-0.15, -0.1) is 0 Å². The number of hydrogen-bond acceptors (Lipinski definition) is 4. The summed E-state index contributed by atoms with van der Waals surface area (Å²) in [7, 11) is 0. The summed E-state index contributed by atoms with van der Waals surface area (Å²) in [5.41, 5.74) is -0.258. The number of aliphatic hydroxyl groups excluding tert-OH is 1. The van der Waals surface area contributed by atoms with Crippen LogP contribution in [0.2, 0.25) is 0 Å². The molecule has 0 aromatic carbocycles. The Morgan fingerprint density at radius 3 is 2.44 bits per heavy atom. The number of hydrogen-bond donors (Lipinski definition) is 2. The van der Waals surface area contributed by atoms with E-state index < -0.39 is 5.60 Å². The Labute approximate surface area is 166 Å². The molecule has 2 rings (SSSR count). The smallest absolute Gasteiger partial charge is 0.410 e. The zero-order valence-electron chi connectivity index (χ0n) is 18.2. The number of amides is 1. The lowest BCUT2D eigenvalue weighted by Gasteiger charge is -2.37. The minimum Gasteiger partial charge on any atom is -0.444 e. The molecule has 0 bridgehead atoms. The number of rotatable bonds is 8. The Morgan fingerprint density at radius 2 is 1.85 bits per heavy atom. The number of carbonyl (C=O) groups excluding carboxylic acids is 1. The Kier molecular flexibility index (Phi) is 7.99. The summed E-state index contributed by atoms with van der Waals surface area (Å²) in [6.45, 7) is 12.3. The lowest BCUT2D eigenvalue weighted by atomic mass is 9.79. The van der Waals surface area contributed by atoms with Crippen molar-refractivity contribution in [2.24, 2.45) is 11.3 Å². The third kappa shape index (κ3) is 5.83. The molecule has 0 aromatic heterocycles. The van der Waals surface area contributed by atoms with Gasteiger partial charge in [0, 0.05) is 31.8 Å². The van der Waals surface area contributed by atoms with E-state index in [4.69, 9.17) is 4.74 Å². The van der Waals surface area contributed by atoms with Gasteiger partial charge < -0.3 is 20.1 Å². The van der Waals surface area contributed by atoms with E-state index in [1.807, 2.05) is 25.7 Å². The molecule has 2 fully saturated rings. The molecule has 3 atom stereocenters. The molecule has 1 saturated heterocycles. The van der Waals surface area contributed by atoms with Crippen molar-refractivity contribution in [3.63, 3.8) is 0 Å². The highest BCUT2D eigenvalue weighted by atomic mass is 16.6. The fraction of sp³-hybridized carbons (Fsp3) is 0.955. The van der Waals surface area contributed by atoms with E-state index in [1.54, 1.807) is 0 Å². The quantitative estimate of drug-likeness (QED) is 0.656. The first-order valence-electron chi connectivity index (χ1n) is 11.1. The topological polar surface area (TPSA) is 61.8 Å². The molecule has 0 spiro atoms. The van der Waals surface area contributed by atoms with E-state index >= 15 is 0 Å². The molecule has 0 aromatic rings. The van der Waals surface area contributed by atoms with Crippen molar-refractivity contribution in [1.29, 1.82) is 0 Å². The minimum atomic E-state index is -0.441. The summed E-state index contributed by atoms with van der Waals surface area (Å²) < 4.78 is 5.67. The van der Waals surface area contributed by atoms with Gasteiger partial charge >= 0.3 is 6.09 Å². The normalized spacial score (nSPS) is 26.6. The molecule has 0 unspecified atom stereocenters. The van der Waals surface area contributed by atoms with Gasteiger partial charge in [0.05, 0.1) is 0 Å². The van der Waals surface area contributed by atoms with E-state index in [0.717, 1.165) is 45.2 Å². The monoisotopic (exact) mass is 382 g/mol. The first-order chi connectivity index (χ1) is 12.7. The van der Waals surface area contributed by atoms with Crippen LogP contribution < -0.4 is 5.32 Å². The zero-order valence-corrected chi connectivity index (χ0v) is 18.2. The van der Waals surface area contributed by atoms with Gasteiger partial charge in [-0.1, -0.05) is 20.3 Å². The predicted molar refractivity (Wildman–Crippen MR) is 110 cm³/mol. The number of carbonyl (C=O) groups is 1. The van der Waals surface area contributed by atoms with Crippen molar-refractivity contribution in [2.45, 2.75) is 104 Å². The highest BCUT2D eigenvalue weighted by molar-refractivity contribution is 5.69. The van der Waals surface area contributed by atoms with Gasteiger partial charge in [-0.2, -0.15) is 0 Å². The summed E-state index contributed by atoms with van der Waals surface area (Å²) >= 11 is 0. The van der Waals surface area contributed by atoms with E-state index in [-0.39, 0.29) is 18.1 Å². The summed E-state index contributed by atoms with van der Waals surface area (Å²) in [6.07, 6.45) is 8.65. The van der Waals surface area contributed by atoms with Gasteiger partial charge in [-0.05, 0) is 77.0 Å². The van der Waals surface area contributed by atoms with E-state index in [0.29, 0.717) is 18.0 Å². The van der Waals surface area contributed by atoms with Crippen molar-refractivity contribution >= 4 is 6.09 Å². The zero-order chi connectivity index (χ0) is 20.1. The first-order valence-corrected chi connectivity index (χ1v) is 11.1. The van der Waals surface area contributed by atoms with E-state index in [1.165, 1.54) is 19.3 Å². The van der Waals surface area contributed by atoms with E-state index in [2.05, 4.69) is 19.2 Å². The lowest BCUT2D eigenvalue weighted by molar-refractivity contribution is 0.0163. The molecule has 5 nitrogen and oxygen atoms in total. The lowest BCUT2D eigenvalue weighted by Crippen LogP contribution is -2.49. The van der Waals surface area contributed by atoms with E-state index in [9.17, 15) is 9.90 Å². The van der Waals surface area contributed by atoms with Crippen molar-refractivity contribution in [3.8, 4) is 0 Å². The second-order valence-electron chi connectivity index (χ2n) is 9.65. The summed E-state index contributed by atoms with van der Waals surface area (Å²) in [5.74, 6) is 0.514. The Balaban J connectivity index is 2.01. The molecule has 1 aliphatic heterocycles. The maximum atomic E-state index is 12.7. The molecule has 2 N–H and O–H groups in total. The number of likely N-dealkylation sites (tertiary alicyclic amines) is 1. The van der Waals surface area contributed by atoms with Crippen LogP contribution in [0.5, 0.6) is 0 Å². The van der Waals surface area contributed by atoms with Gasteiger partial charge in [0.15, 0.2) is 0 Å². The van der Waals surface area contributed by atoms with Crippen LogP contribution in [0, 0.1) is 11.3 Å².